The lowest BCUT2D eigenvalue weighted by Gasteiger charge is -2.31. The van der Waals surface area contributed by atoms with Crippen LogP contribution in [0, 0.1) is 5.41 Å². The van der Waals surface area contributed by atoms with E-state index in [-0.39, 0.29) is 0 Å². The van der Waals surface area contributed by atoms with Crippen LogP contribution in [-0.4, -0.2) is 29.1 Å². The number of pyridine rings is 1. The van der Waals surface area contributed by atoms with Crippen LogP contribution in [0.5, 0.6) is 5.88 Å². The minimum Gasteiger partial charge on any atom is -0.478 e. The van der Waals surface area contributed by atoms with Gasteiger partial charge in [-0.25, -0.2) is 4.98 Å². The van der Waals surface area contributed by atoms with Gasteiger partial charge in [0, 0.05) is 18.4 Å². The van der Waals surface area contributed by atoms with Crippen molar-refractivity contribution in [2.45, 2.75) is 32.6 Å². The Morgan fingerprint density at radius 1 is 1.35 bits per heavy atom. The van der Waals surface area contributed by atoms with Crippen LogP contribution >= 0.6 is 11.8 Å². The highest BCUT2D eigenvalue weighted by Crippen LogP contribution is 2.43. The van der Waals surface area contributed by atoms with Crippen molar-refractivity contribution in [3.63, 3.8) is 0 Å². The number of rotatable bonds is 3. The van der Waals surface area contributed by atoms with E-state index in [1.807, 2.05) is 30.8 Å². The number of amidine groups is 1. The van der Waals surface area contributed by atoms with Gasteiger partial charge >= 0.3 is 0 Å². The van der Waals surface area contributed by atoms with Crippen molar-refractivity contribution in [2.24, 2.45) is 10.4 Å². The van der Waals surface area contributed by atoms with Crippen LogP contribution in [0.3, 0.4) is 0 Å². The number of hydrogen-bond donors (Lipinski definition) is 1. The fourth-order valence-electron chi connectivity index (χ4n) is 2.87. The first-order valence-corrected chi connectivity index (χ1v) is 8.31. The number of nitrogens with zero attached hydrogens (tertiary/aromatic N) is 2. The van der Waals surface area contributed by atoms with E-state index in [1.54, 1.807) is 6.20 Å². The SMILES string of the molecule is CCOc1ccc(NC2=NCC3(CCCC3)CS2)cn1. The number of aliphatic imine (C=N–C) groups is 1. The zero-order chi connectivity index (χ0) is 13.8. The Labute approximate surface area is 124 Å². The molecule has 1 spiro atoms. The molecule has 5 heteroatoms. The molecule has 1 fully saturated rings. The molecular weight excluding hydrogens is 270 g/mol. The van der Waals surface area contributed by atoms with Crippen LogP contribution in [0.1, 0.15) is 32.6 Å². The van der Waals surface area contributed by atoms with E-state index < -0.39 is 0 Å². The fraction of sp³-hybridized carbons (Fsp3) is 0.600. The van der Waals surface area contributed by atoms with Crippen LogP contribution in [-0.2, 0) is 0 Å². The highest BCUT2D eigenvalue weighted by molar-refractivity contribution is 8.14. The smallest absolute Gasteiger partial charge is 0.213 e. The van der Waals surface area contributed by atoms with Gasteiger partial charge < -0.3 is 10.1 Å². The maximum atomic E-state index is 5.34. The molecule has 0 amide bonds. The second-order valence-corrected chi connectivity index (χ2v) is 6.52. The molecule has 0 aromatic carbocycles. The molecule has 1 aliphatic heterocycles. The molecule has 0 bridgehead atoms. The van der Waals surface area contributed by atoms with E-state index in [1.165, 1.54) is 31.4 Å². The zero-order valence-electron chi connectivity index (χ0n) is 11.9. The number of thioether (sulfide) groups is 1. The summed E-state index contributed by atoms with van der Waals surface area (Å²) in [5, 5.41) is 4.37. The standard InChI is InChI=1S/C15H21N3OS/c1-2-19-13-6-5-12(9-16-13)18-14-17-10-15(11-20-14)7-3-4-8-15/h5-6,9H,2-4,7-8,10-11H2,1H3,(H,17,18). The van der Waals surface area contributed by atoms with Crippen molar-refractivity contribution in [1.29, 1.82) is 0 Å². The first kappa shape index (κ1) is 13.7. The second kappa shape index (κ2) is 6.04. The normalized spacial score (nSPS) is 20.8. The molecule has 2 heterocycles. The topological polar surface area (TPSA) is 46.5 Å². The van der Waals surface area contributed by atoms with Crippen molar-refractivity contribution in [3.05, 3.63) is 18.3 Å². The largest absolute Gasteiger partial charge is 0.478 e. The Balaban J connectivity index is 1.59. The van der Waals surface area contributed by atoms with Crippen molar-refractivity contribution < 1.29 is 4.74 Å². The second-order valence-electron chi connectivity index (χ2n) is 5.56. The van der Waals surface area contributed by atoms with Crippen LogP contribution < -0.4 is 10.1 Å². The van der Waals surface area contributed by atoms with E-state index >= 15 is 0 Å². The molecule has 1 aromatic heterocycles. The van der Waals surface area contributed by atoms with E-state index in [4.69, 9.17) is 9.73 Å². The number of ether oxygens (including phenoxy) is 1. The summed E-state index contributed by atoms with van der Waals surface area (Å²) in [6.45, 7) is 3.58. The maximum absolute atomic E-state index is 5.34. The molecule has 3 rings (SSSR count). The summed E-state index contributed by atoms with van der Waals surface area (Å²) in [6.07, 6.45) is 7.25. The molecule has 108 valence electrons. The summed E-state index contributed by atoms with van der Waals surface area (Å²) >= 11 is 1.85. The van der Waals surface area contributed by atoms with Crippen molar-refractivity contribution >= 4 is 22.6 Å². The Morgan fingerprint density at radius 3 is 2.80 bits per heavy atom. The van der Waals surface area contributed by atoms with Crippen LogP contribution in [0.2, 0.25) is 0 Å². The van der Waals surface area contributed by atoms with Gasteiger partial charge in [0.25, 0.3) is 0 Å². The van der Waals surface area contributed by atoms with E-state index in [0.29, 0.717) is 17.9 Å². The number of aromatic nitrogens is 1. The van der Waals surface area contributed by atoms with Gasteiger partial charge in [-0.3, -0.25) is 4.99 Å². The molecule has 2 aliphatic rings. The quantitative estimate of drug-likeness (QED) is 0.925. The number of hydrogen-bond acceptors (Lipinski definition) is 5. The van der Waals surface area contributed by atoms with Gasteiger partial charge in [-0.1, -0.05) is 24.6 Å². The van der Waals surface area contributed by atoms with E-state index in [9.17, 15) is 0 Å². The predicted octanol–water partition coefficient (Wildman–Crippen LogP) is 3.56. The van der Waals surface area contributed by atoms with Gasteiger partial charge in [0.2, 0.25) is 5.88 Å². The lowest BCUT2D eigenvalue weighted by atomic mass is 9.89. The maximum Gasteiger partial charge on any atom is 0.213 e. The van der Waals surface area contributed by atoms with Gasteiger partial charge in [0.05, 0.1) is 18.5 Å². The molecule has 4 nitrogen and oxygen atoms in total. The average Bonchev–Trinajstić information content (AvgIpc) is 2.93. The van der Waals surface area contributed by atoms with Crippen molar-refractivity contribution in [2.75, 3.05) is 24.2 Å². The Kier molecular flexibility index (Phi) is 4.15. The first-order valence-electron chi connectivity index (χ1n) is 7.33. The third kappa shape index (κ3) is 3.08. The summed E-state index contributed by atoms with van der Waals surface area (Å²) in [7, 11) is 0. The third-order valence-corrected chi connectivity index (χ3v) is 5.28. The zero-order valence-corrected chi connectivity index (χ0v) is 12.7. The lowest BCUT2D eigenvalue weighted by molar-refractivity contribution is 0.327. The molecule has 1 N–H and O–H groups in total. The Hall–Kier alpha value is -1.23. The van der Waals surface area contributed by atoms with Crippen LogP contribution in [0.4, 0.5) is 5.69 Å². The molecule has 1 saturated carbocycles. The molecule has 0 radical (unpaired) electrons. The Bertz CT molecular complexity index is 480. The molecule has 0 atom stereocenters. The van der Waals surface area contributed by atoms with Gasteiger partial charge in [0.15, 0.2) is 5.17 Å². The monoisotopic (exact) mass is 291 g/mol. The minimum absolute atomic E-state index is 0.493. The number of anilines is 1. The highest BCUT2D eigenvalue weighted by Gasteiger charge is 2.36. The van der Waals surface area contributed by atoms with Crippen molar-refractivity contribution in [3.8, 4) is 5.88 Å². The molecular formula is C15H21N3OS. The van der Waals surface area contributed by atoms with Crippen molar-refractivity contribution in [1.82, 2.24) is 4.98 Å². The van der Waals surface area contributed by atoms with E-state index in [2.05, 4.69) is 10.3 Å². The Morgan fingerprint density at radius 2 is 2.20 bits per heavy atom. The number of nitrogens with one attached hydrogen (secondary N) is 1. The van der Waals surface area contributed by atoms with Gasteiger partial charge in [0.1, 0.15) is 0 Å². The van der Waals surface area contributed by atoms with Gasteiger partial charge in [-0.05, 0) is 31.2 Å². The lowest BCUT2D eigenvalue weighted by Crippen LogP contribution is -2.30. The van der Waals surface area contributed by atoms with Gasteiger partial charge in [-0.2, -0.15) is 0 Å². The summed E-state index contributed by atoms with van der Waals surface area (Å²) in [6, 6.07) is 3.87. The minimum atomic E-state index is 0.493. The third-order valence-electron chi connectivity index (χ3n) is 4.02. The summed E-state index contributed by atoms with van der Waals surface area (Å²) in [4.78, 5) is 8.98. The first-order chi connectivity index (χ1) is 9.80. The summed E-state index contributed by atoms with van der Waals surface area (Å²) in [5.74, 6) is 1.87. The average molecular weight is 291 g/mol. The predicted molar refractivity (Wildman–Crippen MR) is 84.7 cm³/mol. The van der Waals surface area contributed by atoms with Crippen LogP contribution in [0.15, 0.2) is 23.3 Å². The van der Waals surface area contributed by atoms with Gasteiger partial charge in [-0.15, -0.1) is 0 Å². The highest BCUT2D eigenvalue weighted by atomic mass is 32.2. The summed E-state index contributed by atoms with van der Waals surface area (Å²) in [5.41, 5.74) is 1.47. The fourth-order valence-corrected chi connectivity index (χ4v) is 4.04. The molecule has 0 saturated heterocycles. The molecule has 1 aromatic rings. The van der Waals surface area contributed by atoms with E-state index in [0.717, 1.165) is 17.4 Å². The molecule has 0 unspecified atom stereocenters. The summed E-state index contributed by atoms with van der Waals surface area (Å²) < 4.78 is 5.34. The van der Waals surface area contributed by atoms with Crippen LogP contribution in [0.25, 0.3) is 0 Å². The molecule has 1 aliphatic carbocycles. The molecule has 20 heavy (non-hydrogen) atoms.